The molecule has 6 heteroatoms. The third kappa shape index (κ3) is 3.12. The van der Waals surface area contributed by atoms with Crippen molar-refractivity contribution in [3.05, 3.63) is 40.9 Å². The molecule has 1 heterocycles. The van der Waals surface area contributed by atoms with Gasteiger partial charge in [0.15, 0.2) is 0 Å². The number of halogens is 2. The average molecular weight is 284 g/mol. The van der Waals surface area contributed by atoms with E-state index in [9.17, 15) is 9.18 Å². The Hall–Kier alpha value is -1.88. The fourth-order valence-corrected chi connectivity index (χ4v) is 1.84. The molecule has 1 aromatic carbocycles. The number of esters is 1. The van der Waals surface area contributed by atoms with Gasteiger partial charge in [0.2, 0.25) is 0 Å². The molecule has 100 valence electrons. The van der Waals surface area contributed by atoms with Crippen molar-refractivity contribution < 1.29 is 18.4 Å². The molecule has 1 aromatic heterocycles. The summed E-state index contributed by atoms with van der Waals surface area (Å²) in [6, 6.07) is 4.29. The van der Waals surface area contributed by atoms with Gasteiger partial charge in [-0.15, -0.1) is 0 Å². The van der Waals surface area contributed by atoms with Gasteiger partial charge < -0.3 is 9.26 Å². The van der Waals surface area contributed by atoms with Crippen molar-refractivity contribution in [2.24, 2.45) is 0 Å². The quantitative estimate of drug-likeness (QED) is 0.808. The Morgan fingerprint density at radius 1 is 1.53 bits per heavy atom. The maximum Gasteiger partial charge on any atom is 0.305 e. The number of carbonyl (C=O) groups excluding carboxylic acids is 1. The highest BCUT2D eigenvalue weighted by atomic mass is 35.5. The lowest BCUT2D eigenvalue weighted by Gasteiger charge is -2.02. The van der Waals surface area contributed by atoms with Crippen molar-refractivity contribution in [1.82, 2.24) is 5.16 Å². The summed E-state index contributed by atoms with van der Waals surface area (Å²) in [5, 5.41) is 3.87. The van der Waals surface area contributed by atoms with Crippen LogP contribution < -0.4 is 0 Å². The normalized spacial score (nSPS) is 10.5. The molecule has 0 aliphatic heterocycles. The van der Waals surface area contributed by atoms with Gasteiger partial charge in [-0.3, -0.25) is 4.79 Å². The van der Waals surface area contributed by atoms with E-state index in [1.807, 2.05) is 0 Å². The molecule has 0 aliphatic rings. The Labute approximate surface area is 114 Å². The first-order valence-electron chi connectivity index (χ1n) is 5.57. The van der Waals surface area contributed by atoms with Crippen molar-refractivity contribution in [2.75, 3.05) is 7.11 Å². The first kappa shape index (κ1) is 13.5. The minimum atomic E-state index is -0.495. The number of carbonyl (C=O) groups is 1. The van der Waals surface area contributed by atoms with Crippen LogP contribution in [0, 0.1) is 5.82 Å². The minimum Gasteiger partial charge on any atom is -0.469 e. The van der Waals surface area contributed by atoms with E-state index in [-0.39, 0.29) is 17.4 Å². The number of methoxy groups -OCH3 is 1. The Kier molecular flexibility index (Phi) is 4.16. The number of hydrogen-bond acceptors (Lipinski definition) is 4. The van der Waals surface area contributed by atoms with Crippen LogP contribution in [-0.2, 0) is 16.0 Å². The van der Waals surface area contributed by atoms with E-state index in [1.54, 1.807) is 6.07 Å². The topological polar surface area (TPSA) is 52.3 Å². The summed E-state index contributed by atoms with van der Waals surface area (Å²) < 4.78 is 22.6. The van der Waals surface area contributed by atoms with E-state index in [4.69, 9.17) is 16.1 Å². The molecule has 0 spiro atoms. The maximum absolute atomic E-state index is 13.1. The van der Waals surface area contributed by atoms with Crippen molar-refractivity contribution in [3.63, 3.8) is 0 Å². The molecule has 0 N–H and O–H groups in total. The lowest BCUT2D eigenvalue weighted by atomic mass is 10.0. The van der Waals surface area contributed by atoms with Crippen LogP contribution in [0.3, 0.4) is 0 Å². The molecule has 19 heavy (non-hydrogen) atoms. The summed E-state index contributed by atoms with van der Waals surface area (Å²) in [4.78, 5) is 11.1. The van der Waals surface area contributed by atoms with Gasteiger partial charge in [-0.05, 0) is 24.6 Å². The summed E-state index contributed by atoms with van der Waals surface area (Å²) in [6.45, 7) is 0. The zero-order valence-electron chi connectivity index (χ0n) is 10.2. The Morgan fingerprint density at radius 3 is 3.00 bits per heavy atom. The number of rotatable bonds is 4. The lowest BCUT2D eigenvalue weighted by Crippen LogP contribution is -2.02. The van der Waals surface area contributed by atoms with Crippen LogP contribution in [0.25, 0.3) is 11.3 Å². The predicted octanol–water partition coefficient (Wildman–Crippen LogP) is 3.24. The SMILES string of the molecule is COC(=O)CCc1conc1-c1ccc(F)c(Cl)c1. The molecule has 0 saturated carbocycles. The van der Waals surface area contributed by atoms with E-state index < -0.39 is 5.82 Å². The van der Waals surface area contributed by atoms with Gasteiger partial charge >= 0.3 is 5.97 Å². The molecule has 0 unspecified atom stereocenters. The molecular weight excluding hydrogens is 273 g/mol. The van der Waals surface area contributed by atoms with Crippen LogP contribution in [0.15, 0.2) is 29.0 Å². The van der Waals surface area contributed by atoms with Gasteiger partial charge in [0.1, 0.15) is 17.8 Å². The summed E-state index contributed by atoms with van der Waals surface area (Å²) >= 11 is 5.73. The van der Waals surface area contributed by atoms with Gasteiger partial charge in [0.05, 0.1) is 12.1 Å². The summed E-state index contributed by atoms with van der Waals surface area (Å²) in [5.41, 5.74) is 1.93. The molecule has 0 bridgehead atoms. The summed E-state index contributed by atoms with van der Waals surface area (Å²) in [7, 11) is 1.33. The maximum atomic E-state index is 13.1. The number of hydrogen-bond donors (Lipinski definition) is 0. The third-order valence-corrected chi connectivity index (χ3v) is 2.95. The first-order valence-corrected chi connectivity index (χ1v) is 5.95. The molecule has 2 aromatic rings. The van der Waals surface area contributed by atoms with Crippen LogP contribution in [0.2, 0.25) is 5.02 Å². The second-order valence-corrected chi connectivity index (χ2v) is 4.30. The molecule has 0 radical (unpaired) electrons. The second-order valence-electron chi connectivity index (χ2n) is 3.89. The zero-order valence-corrected chi connectivity index (χ0v) is 10.9. The van der Waals surface area contributed by atoms with E-state index in [1.165, 1.54) is 25.5 Å². The Bertz CT molecular complexity index is 597. The molecule has 0 amide bonds. The van der Waals surface area contributed by atoms with Crippen LogP contribution in [0.4, 0.5) is 4.39 Å². The molecule has 0 aliphatic carbocycles. The molecule has 4 nitrogen and oxygen atoms in total. The fourth-order valence-electron chi connectivity index (χ4n) is 1.65. The first-order chi connectivity index (χ1) is 9.11. The van der Waals surface area contributed by atoms with Crippen LogP contribution >= 0.6 is 11.6 Å². The molecule has 0 fully saturated rings. The Morgan fingerprint density at radius 2 is 2.32 bits per heavy atom. The van der Waals surface area contributed by atoms with Crippen LogP contribution in [-0.4, -0.2) is 18.2 Å². The average Bonchev–Trinajstić information content (AvgIpc) is 2.87. The van der Waals surface area contributed by atoms with E-state index in [0.717, 1.165) is 5.56 Å². The molecular formula is C13H11ClFNO3. The van der Waals surface area contributed by atoms with E-state index in [0.29, 0.717) is 17.7 Å². The summed E-state index contributed by atoms with van der Waals surface area (Å²) in [5.74, 6) is -0.811. The Balaban J connectivity index is 2.23. The van der Waals surface area contributed by atoms with Gasteiger partial charge in [-0.25, -0.2) is 4.39 Å². The van der Waals surface area contributed by atoms with Gasteiger partial charge in [-0.2, -0.15) is 0 Å². The van der Waals surface area contributed by atoms with Crippen molar-refractivity contribution >= 4 is 17.6 Å². The summed E-state index contributed by atoms with van der Waals surface area (Å²) in [6.07, 6.45) is 2.11. The van der Waals surface area contributed by atoms with Crippen LogP contribution in [0.1, 0.15) is 12.0 Å². The van der Waals surface area contributed by atoms with Crippen LogP contribution in [0.5, 0.6) is 0 Å². The molecule has 2 rings (SSSR count). The van der Waals surface area contributed by atoms with E-state index >= 15 is 0 Å². The smallest absolute Gasteiger partial charge is 0.305 e. The highest BCUT2D eigenvalue weighted by Gasteiger charge is 2.13. The molecule has 0 saturated heterocycles. The number of aromatic nitrogens is 1. The fraction of sp³-hybridized carbons (Fsp3) is 0.231. The predicted molar refractivity (Wildman–Crippen MR) is 67.2 cm³/mol. The third-order valence-electron chi connectivity index (χ3n) is 2.66. The van der Waals surface area contributed by atoms with Gasteiger partial charge in [0.25, 0.3) is 0 Å². The highest BCUT2D eigenvalue weighted by Crippen LogP contribution is 2.27. The highest BCUT2D eigenvalue weighted by molar-refractivity contribution is 6.31. The standard InChI is InChI=1S/C13H11ClFNO3/c1-18-12(17)5-3-9-7-19-16-13(9)8-2-4-11(15)10(14)6-8/h2,4,6-7H,3,5H2,1H3. The van der Waals surface area contributed by atoms with Crippen molar-refractivity contribution in [2.45, 2.75) is 12.8 Å². The van der Waals surface area contributed by atoms with Gasteiger partial charge in [-0.1, -0.05) is 16.8 Å². The number of ether oxygens (including phenoxy) is 1. The zero-order chi connectivity index (χ0) is 13.8. The largest absolute Gasteiger partial charge is 0.469 e. The van der Waals surface area contributed by atoms with Crippen molar-refractivity contribution in [3.8, 4) is 11.3 Å². The number of nitrogens with zero attached hydrogens (tertiary/aromatic N) is 1. The minimum absolute atomic E-state index is 0.0133. The van der Waals surface area contributed by atoms with E-state index in [2.05, 4.69) is 9.89 Å². The van der Waals surface area contributed by atoms with Gasteiger partial charge in [0, 0.05) is 17.5 Å². The monoisotopic (exact) mass is 283 g/mol. The number of benzene rings is 1. The second kappa shape index (κ2) is 5.84. The number of aryl methyl sites for hydroxylation is 1. The van der Waals surface area contributed by atoms with Crippen molar-refractivity contribution in [1.29, 1.82) is 0 Å². The molecule has 0 atom stereocenters. The lowest BCUT2D eigenvalue weighted by molar-refractivity contribution is -0.140.